The van der Waals surface area contributed by atoms with Crippen molar-refractivity contribution in [3.05, 3.63) is 114 Å². The average Bonchev–Trinajstić information content (AvgIpc) is 3.84. The van der Waals surface area contributed by atoms with Crippen LogP contribution in [0.5, 0.6) is 11.5 Å². The third kappa shape index (κ3) is 10.1. The van der Waals surface area contributed by atoms with Gasteiger partial charge in [-0.15, -0.1) is 10.2 Å². The third-order valence-electron chi connectivity index (χ3n) is 12.4. The van der Waals surface area contributed by atoms with E-state index in [0.29, 0.717) is 55.7 Å². The number of nitrogens with zero attached hydrogens (tertiary/aromatic N) is 6. The molecule has 4 amide bonds. The SMILES string of the molecule is CCNC(=O)c1nnc(-c2cc(C(C)C)c(O)cc2O)n1-c1ccc(C(=O)N2CCC3(CC2)OB([C@H](CC(C)C)NC(=O)[C@H](Cc2ccccc2)NC(=O)c2cnccn2)OC3(C)C)cc1. The molecule has 0 unspecified atom stereocenters. The number of carbonyl (C=O) groups is 4. The fourth-order valence-corrected chi connectivity index (χ4v) is 8.74. The van der Waals surface area contributed by atoms with E-state index < -0.39 is 42.1 Å². The summed E-state index contributed by atoms with van der Waals surface area (Å²) in [6.45, 7) is 14.8. The predicted molar refractivity (Wildman–Crippen MR) is 247 cm³/mol. The maximum absolute atomic E-state index is 14.2. The highest BCUT2D eigenvalue weighted by atomic mass is 16.7. The number of phenols is 2. The van der Waals surface area contributed by atoms with E-state index in [4.69, 9.17) is 9.31 Å². The van der Waals surface area contributed by atoms with E-state index in [1.54, 1.807) is 42.2 Å². The van der Waals surface area contributed by atoms with Gasteiger partial charge in [-0.25, -0.2) is 4.98 Å². The first-order chi connectivity index (χ1) is 31.5. The molecule has 0 bridgehead atoms. The highest BCUT2D eigenvalue weighted by Crippen LogP contribution is 2.46. The van der Waals surface area contributed by atoms with Crippen LogP contribution >= 0.6 is 0 Å². The molecule has 1 spiro atoms. The van der Waals surface area contributed by atoms with Crippen molar-refractivity contribution in [2.24, 2.45) is 5.92 Å². The fraction of sp³-hybridized carbons (Fsp3) is 0.417. The van der Waals surface area contributed by atoms with E-state index in [9.17, 15) is 29.4 Å². The van der Waals surface area contributed by atoms with E-state index >= 15 is 0 Å². The quantitative estimate of drug-likeness (QED) is 0.0833. The molecule has 0 radical (unpaired) electrons. The maximum Gasteiger partial charge on any atom is 0.481 e. The smallest absolute Gasteiger partial charge is 0.481 e. The number of likely N-dealkylation sites (tertiary alicyclic amines) is 1. The summed E-state index contributed by atoms with van der Waals surface area (Å²) in [5.41, 5.74) is 1.18. The van der Waals surface area contributed by atoms with Crippen LogP contribution in [0.25, 0.3) is 17.1 Å². The highest BCUT2D eigenvalue weighted by molar-refractivity contribution is 6.48. The van der Waals surface area contributed by atoms with Gasteiger partial charge in [0.15, 0.2) is 5.82 Å². The molecule has 17 nitrogen and oxygen atoms in total. The molecule has 2 aliphatic heterocycles. The van der Waals surface area contributed by atoms with E-state index in [0.717, 1.165) is 5.56 Å². The predicted octanol–water partition coefficient (Wildman–Crippen LogP) is 5.41. The maximum atomic E-state index is 14.2. The molecule has 0 saturated carbocycles. The molecule has 2 aliphatic rings. The summed E-state index contributed by atoms with van der Waals surface area (Å²) in [6, 6.07) is 18.2. The van der Waals surface area contributed by atoms with Crippen molar-refractivity contribution < 1.29 is 38.7 Å². The van der Waals surface area contributed by atoms with Crippen LogP contribution in [0, 0.1) is 5.92 Å². The van der Waals surface area contributed by atoms with Crippen LogP contribution in [-0.2, 0) is 20.5 Å². The zero-order valence-electron chi connectivity index (χ0n) is 38.4. The summed E-state index contributed by atoms with van der Waals surface area (Å²) < 4.78 is 15.1. The van der Waals surface area contributed by atoms with E-state index in [2.05, 4.69) is 50.0 Å². The fourth-order valence-electron chi connectivity index (χ4n) is 8.74. The summed E-state index contributed by atoms with van der Waals surface area (Å²) in [5, 5.41) is 38.7. The normalized spacial score (nSPS) is 16.3. The third-order valence-corrected chi connectivity index (χ3v) is 12.4. The molecule has 18 heteroatoms. The molecular formula is C48H58BN9O8. The first-order valence-corrected chi connectivity index (χ1v) is 22.5. The number of phenolic OH excluding ortho intramolecular Hbond substituents is 2. The monoisotopic (exact) mass is 899 g/mol. The lowest BCUT2D eigenvalue weighted by Gasteiger charge is -2.45. The number of hydrogen-bond acceptors (Lipinski definition) is 12. The van der Waals surface area contributed by atoms with Gasteiger partial charge >= 0.3 is 7.12 Å². The Kier molecular flexibility index (Phi) is 14.2. The Balaban J connectivity index is 1.06. The molecule has 66 heavy (non-hydrogen) atoms. The van der Waals surface area contributed by atoms with Crippen molar-refractivity contribution in [1.29, 1.82) is 0 Å². The van der Waals surface area contributed by atoms with Gasteiger partial charge in [0.25, 0.3) is 17.7 Å². The van der Waals surface area contributed by atoms with Crippen molar-refractivity contribution in [1.82, 2.24) is 45.6 Å². The van der Waals surface area contributed by atoms with E-state index in [1.807, 2.05) is 58.0 Å². The van der Waals surface area contributed by atoms with Gasteiger partial charge in [-0.1, -0.05) is 58.0 Å². The standard InChI is InChI=1S/C48H58BN9O8/c1-8-51-45(63)42-56-55-41(35-26-34(30(4)5)38(59)27-39(35)60)58(42)33-16-14-32(15-17-33)46(64)57-22-18-48(19-23-57)47(6,7)65-49(66-48)40(24-29(2)3)54-43(61)36(25-31-12-10-9-11-13-31)53-44(62)37-28-50-20-21-52-37/h9-17,20-21,26-30,36,40,59-60H,8,18-19,22-25H2,1-7H3,(H,51,63)(H,53,62)(H,54,61)/t36-,40-/m0/s1. The second-order valence-corrected chi connectivity index (χ2v) is 18.1. The summed E-state index contributed by atoms with van der Waals surface area (Å²) in [6.07, 6.45) is 5.97. The minimum absolute atomic E-state index is 0.0159. The molecule has 5 aromatic rings. The van der Waals surface area contributed by atoms with Crippen molar-refractivity contribution >= 4 is 30.7 Å². The van der Waals surface area contributed by atoms with Crippen LogP contribution in [0.3, 0.4) is 0 Å². The molecule has 3 aromatic carbocycles. The Labute approximate surface area is 384 Å². The van der Waals surface area contributed by atoms with Crippen LogP contribution in [-0.4, -0.2) is 113 Å². The second kappa shape index (κ2) is 19.8. The minimum Gasteiger partial charge on any atom is -0.508 e. The summed E-state index contributed by atoms with van der Waals surface area (Å²) in [4.78, 5) is 64.6. The molecule has 5 N–H and O–H groups in total. The Morgan fingerprint density at radius 2 is 1.58 bits per heavy atom. The van der Waals surface area contributed by atoms with E-state index in [1.165, 1.54) is 29.2 Å². The Bertz CT molecular complexity index is 2530. The number of hydrogen-bond donors (Lipinski definition) is 5. The van der Waals surface area contributed by atoms with Crippen LogP contribution in [0.15, 0.2) is 85.3 Å². The number of rotatable bonds is 15. The first-order valence-electron chi connectivity index (χ1n) is 22.5. The van der Waals surface area contributed by atoms with Gasteiger partial charge in [0.1, 0.15) is 23.2 Å². The topological polar surface area (TPSA) is 223 Å². The highest BCUT2D eigenvalue weighted by Gasteiger charge is 2.60. The molecule has 2 atom stereocenters. The molecule has 7 rings (SSSR count). The van der Waals surface area contributed by atoms with Crippen molar-refractivity contribution in [2.75, 3.05) is 19.6 Å². The van der Waals surface area contributed by atoms with Crippen molar-refractivity contribution in [2.45, 2.75) is 103 Å². The molecule has 0 aliphatic carbocycles. The lowest BCUT2D eigenvalue weighted by molar-refractivity contribution is -0.123. The van der Waals surface area contributed by atoms with Gasteiger partial charge in [0, 0.05) is 55.8 Å². The zero-order valence-corrected chi connectivity index (χ0v) is 38.4. The van der Waals surface area contributed by atoms with Crippen LogP contribution in [0.2, 0.25) is 0 Å². The lowest BCUT2D eigenvalue weighted by atomic mass is 9.73. The number of aromatic hydroxyl groups is 2. The molecule has 4 heterocycles. The largest absolute Gasteiger partial charge is 0.508 e. The summed E-state index contributed by atoms with van der Waals surface area (Å²) in [7, 11) is -0.804. The number of piperidine rings is 1. The minimum atomic E-state index is -0.935. The Hall–Kier alpha value is -6.66. The summed E-state index contributed by atoms with van der Waals surface area (Å²) in [5.74, 6) is -2.18. The molecule has 2 saturated heterocycles. The summed E-state index contributed by atoms with van der Waals surface area (Å²) >= 11 is 0. The number of nitrogens with one attached hydrogen (secondary N) is 3. The molecule has 346 valence electrons. The van der Waals surface area contributed by atoms with Crippen LogP contribution in [0.4, 0.5) is 0 Å². The number of carbonyl (C=O) groups excluding carboxylic acids is 4. The molecule has 2 fully saturated rings. The first kappa shape index (κ1) is 47.3. The van der Waals surface area contributed by atoms with Crippen molar-refractivity contribution in [3.63, 3.8) is 0 Å². The van der Waals surface area contributed by atoms with Gasteiger partial charge in [0.2, 0.25) is 11.7 Å². The molecule has 2 aromatic heterocycles. The van der Waals surface area contributed by atoms with Gasteiger partial charge < -0.3 is 40.4 Å². The second-order valence-electron chi connectivity index (χ2n) is 18.1. The Morgan fingerprint density at radius 1 is 0.864 bits per heavy atom. The van der Waals surface area contributed by atoms with E-state index in [-0.39, 0.29) is 64.5 Å². The zero-order chi connectivity index (χ0) is 47.3. The molecular weight excluding hydrogens is 841 g/mol. The Morgan fingerprint density at radius 3 is 2.21 bits per heavy atom. The number of amides is 4. The van der Waals surface area contributed by atoms with Crippen LogP contribution < -0.4 is 16.0 Å². The van der Waals surface area contributed by atoms with Gasteiger partial charge in [0.05, 0.1) is 28.9 Å². The van der Waals surface area contributed by atoms with Crippen LogP contribution in [0.1, 0.15) is 116 Å². The van der Waals surface area contributed by atoms with Crippen molar-refractivity contribution in [3.8, 4) is 28.6 Å². The van der Waals surface area contributed by atoms with Gasteiger partial charge in [-0.2, -0.15) is 0 Å². The lowest BCUT2D eigenvalue weighted by Crippen LogP contribution is -2.56. The number of benzene rings is 3. The average molecular weight is 900 g/mol. The van der Waals surface area contributed by atoms with Gasteiger partial charge in [-0.3, -0.25) is 28.7 Å². The van der Waals surface area contributed by atoms with Gasteiger partial charge in [-0.05, 0) is 93.3 Å². The number of aromatic nitrogens is 5.